The number of Topliss-reactive ketones (excluding diaryl/α,β-unsaturated/α-hetero) is 1. The first-order valence-corrected chi connectivity index (χ1v) is 10.0. The van der Waals surface area contributed by atoms with E-state index in [2.05, 4.69) is 27.8 Å². The number of halogens is 1. The highest BCUT2D eigenvalue weighted by Crippen LogP contribution is 2.48. The third-order valence-electron chi connectivity index (χ3n) is 5.17. The van der Waals surface area contributed by atoms with E-state index in [1.807, 2.05) is 6.07 Å². The molecule has 2 atom stereocenters. The van der Waals surface area contributed by atoms with Crippen molar-refractivity contribution in [1.82, 2.24) is 5.32 Å². The van der Waals surface area contributed by atoms with Crippen LogP contribution in [0.25, 0.3) is 0 Å². The molecule has 3 rings (SSSR count). The minimum absolute atomic E-state index is 0.0437. The zero-order chi connectivity index (χ0) is 20.4. The van der Waals surface area contributed by atoms with Gasteiger partial charge in [0.05, 0.1) is 20.8 Å². The fourth-order valence-electron chi connectivity index (χ4n) is 3.95. The molecule has 2 aliphatic rings. The van der Waals surface area contributed by atoms with E-state index in [1.54, 1.807) is 27.2 Å². The van der Waals surface area contributed by atoms with Gasteiger partial charge in [0.25, 0.3) is 0 Å². The standard InChI is InChI=1S/C21H24BrNO5/c1-5-28-21(25)18-11(2)23-14-7-6-8-15(24)20(14)19(18)12-9-16(26-3)17(27-4)10-13(12)22/h9-10,18-19,23H,2,5-8H2,1,3-4H3. The van der Waals surface area contributed by atoms with Crippen LogP contribution in [0, 0.1) is 5.92 Å². The number of rotatable bonds is 5. The van der Waals surface area contributed by atoms with Crippen molar-refractivity contribution in [1.29, 1.82) is 0 Å². The van der Waals surface area contributed by atoms with Crippen LogP contribution < -0.4 is 14.8 Å². The lowest BCUT2D eigenvalue weighted by Crippen LogP contribution is -2.41. The van der Waals surface area contributed by atoms with E-state index >= 15 is 0 Å². The molecule has 0 saturated heterocycles. The number of esters is 1. The van der Waals surface area contributed by atoms with Gasteiger partial charge in [-0.1, -0.05) is 22.5 Å². The van der Waals surface area contributed by atoms with Crippen LogP contribution in [0.2, 0.25) is 0 Å². The van der Waals surface area contributed by atoms with Gasteiger partial charge in [-0.05, 0) is 37.5 Å². The summed E-state index contributed by atoms with van der Waals surface area (Å²) in [6, 6.07) is 3.60. The Morgan fingerprint density at radius 1 is 1.25 bits per heavy atom. The average molecular weight is 450 g/mol. The highest BCUT2D eigenvalue weighted by atomic mass is 79.9. The Morgan fingerprint density at radius 3 is 2.57 bits per heavy atom. The van der Waals surface area contributed by atoms with Gasteiger partial charge in [-0.15, -0.1) is 0 Å². The molecule has 0 fully saturated rings. The molecule has 7 heteroatoms. The third-order valence-corrected chi connectivity index (χ3v) is 5.85. The van der Waals surface area contributed by atoms with E-state index in [0.717, 1.165) is 28.6 Å². The molecule has 1 aliphatic heterocycles. The van der Waals surface area contributed by atoms with E-state index < -0.39 is 17.8 Å². The van der Waals surface area contributed by atoms with Crippen molar-refractivity contribution >= 4 is 27.7 Å². The summed E-state index contributed by atoms with van der Waals surface area (Å²) in [5.41, 5.74) is 2.78. The summed E-state index contributed by atoms with van der Waals surface area (Å²) in [6.07, 6.45) is 1.99. The number of hydrogen-bond donors (Lipinski definition) is 1. The third kappa shape index (κ3) is 3.55. The van der Waals surface area contributed by atoms with Gasteiger partial charge in [-0.25, -0.2) is 0 Å². The summed E-state index contributed by atoms with van der Waals surface area (Å²) in [4.78, 5) is 25.7. The number of benzene rings is 1. The van der Waals surface area contributed by atoms with E-state index in [0.29, 0.717) is 29.2 Å². The number of carbonyl (C=O) groups excluding carboxylic acids is 2. The molecule has 0 saturated carbocycles. The first kappa shape index (κ1) is 20.5. The SMILES string of the molecule is C=C1NC2=C(C(=O)CCC2)C(c2cc(OC)c(OC)cc2Br)C1C(=O)OCC. The smallest absolute Gasteiger partial charge is 0.315 e. The molecule has 2 unspecified atom stereocenters. The van der Waals surface area contributed by atoms with Crippen LogP contribution in [0.4, 0.5) is 0 Å². The van der Waals surface area contributed by atoms with E-state index in [4.69, 9.17) is 14.2 Å². The quantitative estimate of drug-likeness (QED) is 0.688. The predicted molar refractivity (Wildman–Crippen MR) is 108 cm³/mol. The Bertz CT molecular complexity index is 861. The molecule has 1 N–H and O–H groups in total. The molecule has 0 aromatic heterocycles. The molecule has 1 aromatic rings. The van der Waals surface area contributed by atoms with Crippen LogP contribution in [-0.4, -0.2) is 32.6 Å². The van der Waals surface area contributed by atoms with Crippen LogP contribution >= 0.6 is 15.9 Å². The van der Waals surface area contributed by atoms with Gasteiger partial charge < -0.3 is 19.5 Å². The molecule has 0 radical (unpaired) electrons. The van der Waals surface area contributed by atoms with Gasteiger partial charge >= 0.3 is 5.97 Å². The molecule has 1 aliphatic carbocycles. The van der Waals surface area contributed by atoms with Gasteiger partial charge in [-0.2, -0.15) is 0 Å². The van der Waals surface area contributed by atoms with Crippen LogP contribution in [0.5, 0.6) is 11.5 Å². The monoisotopic (exact) mass is 449 g/mol. The van der Waals surface area contributed by atoms with Crippen molar-refractivity contribution in [3.05, 3.63) is 45.7 Å². The second kappa shape index (κ2) is 8.39. The fraction of sp³-hybridized carbons (Fsp3) is 0.429. The van der Waals surface area contributed by atoms with Gasteiger partial charge in [0.15, 0.2) is 17.3 Å². The second-order valence-corrected chi connectivity index (χ2v) is 7.61. The predicted octanol–water partition coefficient (Wildman–Crippen LogP) is 3.85. The summed E-state index contributed by atoms with van der Waals surface area (Å²) in [5, 5.41) is 3.20. The summed E-state index contributed by atoms with van der Waals surface area (Å²) >= 11 is 3.59. The molecule has 0 bridgehead atoms. The Labute approximate surface area is 173 Å². The van der Waals surface area contributed by atoms with Crippen LogP contribution in [0.15, 0.2) is 40.2 Å². The lowest BCUT2D eigenvalue weighted by atomic mass is 9.71. The molecule has 0 amide bonds. The molecule has 1 heterocycles. The Hall–Kier alpha value is -2.28. The number of ether oxygens (including phenoxy) is 3. The lowest BCUT2D eigenvalue weighted by molar-refractivity contribution is -0.147. The van der Waals surface area contributed by atoms with E-state index in [9.17, 15) is 9.59 Å². The summed E-state index contributed by atoms with van der Waals surface area (Å²) < 4.78 is 16.9. The molecular weight excluding hydrogens is 426 g/mol. The molecule has 6 nitrogen and oxygen atoms in total. The fourth-order valence-corrected chi connectivity index (χ4v) is 4.52. The maximum atomic E-state index is 12.9. The first-order valence-electron chi connectivity index (χ1n) is 9.23. The van der Waals surface area contributed by atoms with Crippen LogP contribution in [0.3, 0.4) is 0 Å². The Morgan fingerprint density at radius 2 is 1.93 bits per heavy atom. The maximum Gasteiger partial charge on any atom is 0.315 e. The number of nitrogens with one attached hydrogen (secondary N) is 1. The van der Waals surface area contributed by atoms with Gasteiger partial charge in [0.2, 0.25) is 0 Å². The number of ketones is 1. The van der Waals surface area contributed by atoms with Crippen molar-refractivity contribution in [2.75, 3.05) is 20.8 Å². The second-order valence-electron chi connectivity index (χ2n) is 6.76. The molecule has 150 valence electrons. The van der Waals surface area contributed by atoms with E-state index in [1.165, 1.54) is 0 Å². The van der Waals surface area contributed by atoms with Crippen molar-refractivity contribution in [2.45, 2.75) is 32.1 Å². The average Bonchev–Trinajstić information content (AvgIpc) is 2.67. The summed E-state index contributed by atoms with van der Waals surface area (Å²) in [6.45, 7) is 6.08. The molecule has 0 spiro atoms. The zero-order valence-corrected chi connectivity index (χ0v) is 17.9. The van der Waals surface area contributed by atoms with Crippen molar-refractivity contribution in [3.8, 4) is 11.5 Å². The summed E-state index contributed by atoms with van der Waals surface area (Å²) in [7, 11) is 3.11. The Balaban J connectivity index is 2.23. The number of carbonyl (C=O) groups is 2. The minimum Gasteiger partial charge on any atom is -0.493 e. The lowest BCUT2D eigenvalue weighted by Gasteiger charge is -2.38. The highest BCUT2D eigenvalue weighted by molar-refractivity contribution is 9.10. The Kier molecular flexibility index (Phi) is 6.13. The minimum atomic E-state index is -0.713. The molecule has 28 heavy (non-hydrogen) atoms. The summed E-state index contributed by atoms with van der Waals surface area (Å²) in [5.74, 6) is -0.501. The van der Waals surface area contributed by atoms with Crippen LogP contribution in [0.1, 0.15) is 37.7 Å². The zero-order valence-electron chi connectivity index (χ0n) is 16.3. The van der Waals surface area contributed by atoms with Gasteiger partial charge in [0, 0.05) is 33.8 Å². The van der Waals surface area contributed by atoms with Gasteiger partial charge in [-0.3, -0.25) is 9.59 Å². The number of hydrogen-bond acceptors (Lipinski definition) is 6. The molecular formula is C21H24BrNO5. The topological polar surface area (TPSA) is 73.9 Å². The van der Waals surface area contributed by atoms with Crippen molar-refractivity contribution in [3.63, 3.8) is 0 Å². The van der Waals surface area contributed by atoms with Crippen LogP contribution in [-0.2, 0) is 14.3 Å². The largest absolute Gasteiger partial charge is 0.493 e. The first-order chi connectivity index (χ1) is 13.4. The highest BCUT2D eigenvalue weighted by Gasteiger charge is 2.44. The maximum absolute atomic E-state index is 12.9. The van der Waals surface area contributed by atoms with E-state index in [-0.39, 0.29) is 12.4 Å². The number of methoxy groups -OCH3 is 2. The van der Waals surface area contributed by atoms with Crippen molar-refractivity contribution < 1.29 is 23.8 Å². The molecule has 1 aromatic carbocycles. The van der Waals surface area contributed by atoms with Gasteiger partial charge in [0.1, 0.15) is 5.92 Å². The van der Waals surface area contributed by atoms with Crippen molar-refractivity contribution in [2.24, 2.45) is 5.92 Å². The normalized spacial score (nSPS) is 21.7. The number of allylic oxidation sites excluding steroid dienone is 2.